The Labute approximate surface area is 204 Å². The van der Waals surface area contributed by atoms with Crippen LogP contribution in [0.15, 0.2) is 11.6 Å². The number of allylic oxidation sites excluding steroid dienone is 1. The standard InChI is InChI=1S/C28H46O6/c1-15(25(3,4)33)11-21(29)16(2)17-8-10-28(34)19-12-22(30)20-13-23(31)24(32)14-26(20,5)18(19)7-9-27(17,28)6/h12,15-18,20-21,23-24,29,31-34H,7-11,13-14H2,1-6H3/t15?,16-,17+,18-,20-,21?,23+,24-,26+,27+,28+/m0/s1. The van der Waals surface area contributed by atoms with Gasteiger partial charge in [0.25, 0.3) is 0 Å². The molecule has 4 aliphatic carbocycles. The van der Waals surface area contributed by atoms with Gasteiger partial charge in [-0.25, -0.2) is 0 Å². The maximum absolute atomic E-state index is 13.3. The highest BCUT2D eigenvalue weighted by molar-refractivity contribution is 5.95. The second-order valence-corrected chi connectivity index (χ2v) is 13.4. The van der Waals surface area contributed by atoms with Crippen LogP contribution in [0.1, 0.15) is 86.5 Å². The number of ketones is 1. The molecule has 6 nitrogen and oxygen atoms in total. The van der Waals surface area contributed by atoms with Crippen molar-refractivity contribution in [2.75, 3.05) is 0 Å². The van der Waals surface area contributed by atoms with Crippen LogP contribution >= 0.6 is 0 Å². The predicted octanol–water partition coefficient (Wildman–Crippen LogP) is 2.99. The Morgan fingerprint density at radius 1 is 1.09 bits per heavy atom. The number of aliphatic hydroxyl groups is 5. The van der Waals surface area contributed by atoms with Crippen LogP contribution < -0.4 is 0 Å². The third-order valence-corrected chi connectivity index (χ3v) is 11.2. The van der Waals surface area contributed by atoms with Gasteiger partial charge in [0, 0.05) is 11.3 Å². The van der Waals surface area contributed by atoms with Crippen molar-refractivity contribution in [3.05, 3.63) is 11.6 Å². The molecule has 0 aromatic carbocycles. The largest absolute Gasteiger partial charge is 0.393 e. The highest BCUT2D eigenvalue weighted by Crippen LogP contribution is 2.68. The zero-order valence-corrected chi connectivity index (χ0v) is 21.8. The van der Waals surface area contributed by atoms with Gasteiger partial charge < -0.3 is 25.5 Å². The molecule has 2 unspecified atom stereocenters. The lowest BCUT2D eigenvalue weighted by Crippen LogP contribution is -2.61. The summed E-state index contributed by atoms with van der Waals surface area (Å²) < 4.78 is 0. The number of carbonyl (C=O) groups is 1. The minimum Gasteiger partial charge on any atom is -0.393 e. The van der Waals surface area contributed by atoms with Crippen LogP contribution in [0.4, 0.5) is 0 Å². The van der Waals surface area contributed by atoms with Gasteiger partial charge in [-0.15, -0.1) is 0 Å². The van der Waals surface area contributed by atoms with Crippen molar-refractivity contribution < 1.29 is 30.3 Å². The SMILES string of the molecule is CC(CC(O)[C@@H](C)[C@H]1CC[C@@]2(O)C3=CC(=O)[C@@H]4C[C@@H](O)[C@@H](O)C[C@]4(C)[C@H]3CC[C@]12C)C(C)(C)O. The second kappa shape index (κ2) is 8.37. The molecule has 0 aliphatic heterocycles. The summed E-state index contributed by atoms with van der Waals surface area (Å²) in [5.41, 5.74) is -2.08. The topological polar surface area (TPSA) is 118 Å². The van der Waals surface area contributed by atoms with Crippen LogP contribution in [-0.2, 0) is 4.79 Å². The summed E-state index contributed by atoms with van der Waals surface area (Å²) >= 11 is 0. The fourth-order valence-electron chi connectivity index (χ4n) is 8.39. The fourth-order valence-corrected chi connectivity index (χ4v) is 8.39. The summed E-state index contributed by atoms with van der Waals surface area (Å²) in [5.74, 6) is -0.359. The van der Waals surface area contributed by atoms with E-state index in [1.54, 1.807) is 19.9 Å². The maximum atomic E-state index is 13.3. The molecular formula is C28H46O6. The van der Waals surface area contributed by atoms with Crippen molar-refractivity contribution in [3.8, 4) is 0 Å². The molecular weight excluding hydrogens is 432 g/mol. The Balaban J connectivity index is 1.63. The van der Waals surface area contributed by atoms with Gasteiger partial charge in [0.15, 0.2) is 5.78 Å². The van der Waals surface area contributed by atoms with Crippen LogP contribution in [-0.4, -0.2) is 60.8 Å². The quantitative estimate of drug-likeness (QED) is 0.415. The molecule has 11 atom stereocenters. The van der Waals surface area contributed by atoms with Crippen LogP contribution in [0.3, 0.4) is 0 Å². The van der Waals surface area contributed by atoms with Crippen molar-refractivity contribution >= 4 is 5.78 Å². The van der Waals surface area contributed by atoms with Crippen LogP contribution in [0.5, 0.6) is 0 Å². The Hall–Kier alpha value is -0.790. The summed E-state index contributed by atoms with van der Waals surface area (Å²) in [6.07, 6.45) is 3.48. The van der Waals surface area contributed by atoms with Crippen LogP contribution in [0, 0.1) is 40.4 Å². The van der Waals surface area contributed by atoms with Gasteiger partial charge in [0.1, 0.15) is 0 Å². The van der Waals surface area contributed by atoms with Crippen LogP contribution in [0.2, 0.25) is 0 Å². The zero-order chi connectivity index (χ0) is 25.4. The van der Waals surface area contributed by atoms with E-state index < -0.39 is 40.3 Å². The third kappa shape index (κ3) is 3.75. The summed E-state index contributed by atoms with van der Waals surface area (Å²) in [6.45, 7) is 11.8. The number of aliphatic hydroxyl groups excluding tert-OH is 3. The number of hydrogen-bond acceptors (Lipinski definition) is 6. The minimum atomic E-state index is -1.11. The molecule has 0 spiro atoms. The average molecular weight is 479 g/mol. The van der Waals surface area contributed by atoms with E-state index in [0.29, 0.717) is 19.3 Å². The van der Waals surface area contributed by atoms with Gasteiger partial charge in [-0.05, 0) is 99.5 Å². The first-order valence-corrected chi connectivity index (χ1v) is 13.3. The summed E-state index contributed by atoms with van der Waals surface area (Å²) in [7, 11) is 0. The van der Waals surface area contributed by atoms with E-state index in [1.807, 2.05) is 6.92 Å². The lowest BCUT2D eigenvalue weighted by Gasteiger charge is -2.60. The number of rotatable bonds is 5. The lowest BCUT2D eigenvalue weighted by molar-refractivity contribution is -0.154. The summed E-state index contributed by atoms with van der Waals surface area (Å²) in [4.78, 5) is 13.3. The molecule has 0 aromatic rings. The first-order valence-electron chi connectivity index (χ1n) is 13.3. The van der Waals surface area contributed by atoms with Gasteiger partial charge in [0.05, 0.1) is 29.5 Å². The van der Waals surface area contributed by atoms with E-state index in [-0.39, 0.29) is 41.8 Å². The minimum absolute atomic E-state index is 0.00427. The van der Waals surface area contributed by atoms with Gasteiger partial charge in [0.2, 0.25) is 0 Å². The highest BCUT2D eigenvalue weighted by Gasteiger charge is 2.67. The Kier molecular flexibility index (Phi) is 6.47. The lowest BCUT2D eigenvalue weighted by atomic mass is 9.46. The van der Waals surface area contributed by atoms with Gasteiger partial charge in [-0.1, -0.05) is 27.7 Å². The molecule has 0 saturated heterocycles. The first-order chi connectivity index (χ1) is 15.6. The molecule has 0 amide bonds. The molecule has 0 heterocycles. The Morgan fingerprint density at radius 3 is 2.35 bits per heavy atom. The molecule has 4 aliphatic rings. The Morgan fingerprint density at radius 2 is 1.74 bits per heavy atom. The normalized spacial score (nSPS) is 47.2. The van der Waals surface area contributed by atoms with Crippen molar-refractivity contribution in [2.45, 2.75) is 116 Å². The summed E-state index contributed by atoms with van der Waals surface area (Å²) in [5, 5.41) is 54.4. The van der Waals surface area contributed by atoms with Gasteiger partial charge in [-0.2, -0.15) is 0 Å². The van der Waals surface area contributed by atoms with Crippen molar-refractivity contribution in [2.24, 2.45) is 40.4 Å². The summed E-state index contributed by atoms with van der Waals surface area (Å²) in [6, 6.07) is 0. The number of carbonyl (C=O) groups excluding carboxylic acids is 1. The van der Waals surface area contributed by atoms with Crippen molar-refractivity contribution in [1.29, 1.82) is 0 Å². The molecule has 0 aromatic heterocycles. The molecule has 0 bridgehead atoms. The van der Waals surface area contributed by atoms with Crippen LogP contribution in [0.25, 0.3) is 0 Å². The van der Waals surface area contributed by atoms with E-state index in [2.05, 4.69) is 20.8 Å². The van der Waals surface area contributed by atoms with E-state index in [9.17, 15) is 30.3 Å². The van der Waals surface area contributed by atoms with Crippen molar-refractivity contribution in [1.82, 2.24) is 0 Å². The molecule has 0 radical (unpaired) electrons. The van der Waals surface area contributed by atoms with Gasteiger partial charge >= 0.3 is 0 Å². The highest BCUT2D eigenvalue weighted by atomic mass is 16.3. The Bertz CT molecular complexity index is 846. The van der Waals surface area contributed by atoms with E-state index >= 15 is 0 Å². The third-order valence-electron chi connectivity index (χ3n) is 11.2. The molecule has 5 N–H and O–H groups in total. The molecule has 4 rings (SSSR count). The van der Waals surface area contributed by atoms with E-state index in [1.165, 1.54) is 0 Å². The molecule has 194 valence electrons. The maximum Gasteiger partial charge on any atom is 0.159 e. The van der Waals surface area contributed by atoms with E-state index in [4.69, 9.17) is 0 Å². The molecule has 6 heteroatoms. The fraction of sp³-hybridized carbons (Fsp3) is 0.893. The number of fused-ring (bicyclic) bond motifs is 5. The first kappa shape index (κ1) is 26.3. The van der Waals surface area contributed by atoms with Gasteiger partial charge in [-0.3, -0.25) is 4.79 Å². The zero-order valence-electron chi connectivity index (χ0n) is 21.8. The molecule has 3 saturated carbocycles. The average Bonchev–Trinajstić information content (AvgIpc) is 3.00. The molecule has 3 fully saturated rings. The smallest absolute Gasteiger partial charge is 0.159 e. The van der Waals surface area contributed by atoms with E-state index in [0.717, 1.165) is 24.8 Å². The van der Waals surface area contributed by atoms with Crippen molar-refractivity contribution in [3.63, 3.8) is 0 Å². The number of hydrogen-bond donors (Lipinski definition) is 5. The second-order valence-electron chi connectivity index (χ2n) is 13.4. The monoisotopic (exact) mass is 478 g/mol. The molecule has 34 heavy (non-hydrogen) atoms. The predicted molar refractivity (Wildman–Crippen MR) is 130 cm³/mol.